The number of nitrogens with zero attached hydrogens (tertiary/aromatic N) is 2. The Morgan fingerprint density at radius 1 is 1.50 bits per heavy atom. The Morgan fingerprint density at radius 2 is 2.40 bits per heavy atom. The number of nitrogens with one attached hydrogen (secondary N) is 2. The highest BCUT2D eigenvalue weighted by atomic mass is 16.3. The number of piperidine rings is 1. The molecule has 0 spiro atoms. The van der Waals surface area contributed by atoms with Gasteiger partial charge in [0.05, 0.1) is 6.26 Å². The molecule has 1 aliphatic heterocycles. The van der Waals surface area contributed by atoms with Crippen LogP contribution in [0.5, 0.6) is 0 Å². The Labute approximate surface area is 121 Å². The van der Waals surface area contributed by atoms with Crippen molar-refractivity contribution in [2.45, 2.75) is 26.3 Å². The lowest BCUT2D eigenvalue weighted by atomic mass is 9.99. The third-order valence-electron chi connectivity index (χ3n) is 3.60. The van der Waals surface area contributed by atoms with Gasteiger partial charge in [-0.05, 0) is 51.4 Å². The molecule has 5 nitrogen and oxygen atoms in total. The van der Waals surface area contributed by atoms with Gasteiger partial charge in [-0.2, -0.15) is 0 Å². The molecule has 1 aromatic heterocycles. The minimum Gasteiger partial charge on any atom is -0.467 e. The van der Waals surface area contributed by atoms with Gasteiger partial charge in [-0.25, -0.2) is 4.99 Å². The van der Waals surface area contributed by atoms with Crippen molar-refractivity contribution in [3.05, 3.63) is 24.2 Å². The Bertz CT molecular complexity index is 402. The number of hydrogen-bond donors (Lipinski definition) is 2. The molecular weight excluding hydrogens is 252 g/mol. The molecule has 1 aliphatic rings. The first kappa shape index (κ1) is 14.9. The van der Waals surface area contributed by atoms with Crippen molar-refractivity contribution >= 4 is 5.96 Å². The zero-order valence-corrected chi connectivity index (χ0v) is 12.6. The van der Waals surface area contributed by atoms with E-state index < -0.39 is 0 Å². The fourth-order valence-corrected chi connectivity index (χ4v) is 2.58. The Kier molecular flexibility index (Phi) is 5.92. The molecule has 112 valence electrons. The minimum absolute atomic E-state index is 0.576. The van der Waals surface area contributed by atoms with Crippen molar-refractivity contribution in [3.63, 3.8) is 0 Å². The van der Waals surface area contributed by atoms with E-state index in [0.717, 1.165) is 24.8 Å². The molecule has 2 rings (SSSR count). The van der Waals surface area contributed by atoms with Crippen LogP contribution in [-0.4, -0.2) is 44.1 Å². The number of furan rings is 1. The molecule has 0 amide bonds. The summed E-state index contributed by atoms with van der Waals surface area (Å²) in [7, 11) is 2.20. The lowest BCUT2D eigenvalue weighted by Crippen LogP contribution is -2.43. The molecule has 1 atom stereocenters. The SMILES string of the molecule is CCNC(=NCc1ccco1)NCC1CCCN(C)C1. The van der Waals surface area contributed by atoms with Gasteiger partial charge in [-0.1, -0.05) is 0 Å². The summed E-state index contributed by atoms with van der Waals surface area (Å²) in [6.07, 6.45) is 4.28. The molecule has 0 bridgehead atoms. The Morgan fingerprint density at radius 3 is 3.10 bits per heavy atom. The van der Waals surface area contributed by atoms with E-state index in [1.54, 1.807) is 6.26 Å². The highest BCUT2D eigenvalue weighted by molar-refractivity contribution is 5.79. The monoisotopic (exact) mass is 278 g/mol. The molecule has 1 aromatic rings. The summed E-state index contributed by atoms with van der Waals surface area (Å²) in [5.41, 5.74) is 0. The van der Waals surface area contributed by atoms with Crippen molar-refractivity contribution in [2.24, 2.45) is 10.9 Å². The van der Waals surface area contributed by atoms with Crippen LogP contribution in [0.1, 0.15) is 25.5 Å². The standard InChI is InChI=1S/C15H26N4O/c1-3-16-15(18-11-14-7-5-9-20-14)17-10-13-6-4-8-19(2)12-13/h5,7,9,13H,3-4,6,8,10-12H2,1-2H3,(H2,16,17,18). The second-order valence-corrected chi connectivity index (χ2v) is 5.43. The van der Waals surface area contributed by atoms with Crippen LogP contribution in [0.4, 0.5) is 0 Å². The van der Waals surface area contributed by atoms with Crippen molar-refractivity contribution < 1.29 is 4.42 Å². The first-order chi connectivity index (χ1) is 9.78. The van der Waals surface area contributed by atoms with Gasteiger partial charge in [0.2, 0.25) is 0 Å². The number of aliphatic imine (C=N–C) groups is 1. The first-order valence-corrected chi connectivity index (χ1v) is 7.51. The van der Waals surface area contributed by atoms with E-state index in [0.29, 0.717) is 12.5 Å². The molecule has 0 saturated carbocycles. The van der Waals surface area contributed by atoms with Crippen molar-refractivity contribution in [3.8, 4) is 0 Å². The summed E-state index contributed by atoms with van der Waals surface area (Å²) in [6, 6.07) is 3.84. The van der Waals surface area contributed by atoms with E-state index in [1.807, 2.05) is 12.1 Å². The molecule has 2 heterocycles. The second kappa shape index (κ2) is 7.94. The molecule has 0 radical (unpaired) electrons. The van der Waals surface area contributed by atoms with E-state index in [2.05, 4.69) is 34.5 Å². The smallest absolute Gasteiger partial charge is 0.191 e. The quantitative estimate of drug-likeness (QED) is 0.635. The predicted octanol–water partition coefficient (Wildman–Crippen LogP) is 1.68. The van der Waals surface area contributed by atoms with E-state index >= 15 is 0 Å². The first-order valence-electron chi connectivity index (χ1n) is 7.51. The number of hydrogen-bond acceptors (Lipinski definition) is 3. The third-order valence-corrected chi connectivity index (χ3v) is 3.60. The largest absolute Gasteiger partial charge is 0.467 e. The normalized spacial score (nSPS) is 20.9. The maximum absolute atomic E-state index is 5.30. The van der Waals surface area contributed by atoms with Crippen LogP contribution < -0.4 is 10.6 Å². The van der Waals surface area contributed by atoms with Crippen LogP contribution in [0.15, 0.2) is 27.8 Å². The zero-order chi connectivity index (χ0) is 14.2. The molecule has 0 aromatic carbocycles. The van der Waals surface area contributed by atoms with Crippen molar-refractivity contribution in [2.75, 3.05) is 33.2 Å². The van der Waals surface area contributed by atoms with E-state index in [1.165, 1.54) is 25.9 Å². The van der Waals surface area contributed by atoms with Crippen LogP contribution in [-0.2, 0) is 6.54 Å². The fraction of sp³-hybridized carbons (Fsp3) is 0.667. The highest BCUT2D eigenvalue weighted by Crippen LogP contribution is 2.13. The molecule has 2 N–H and O–H groups in total. The average Bonchev–Trinajstić information content (AvgIpc) is 2.95. The number of guanidine groups is 1. The fourth-order valence-electron chi connectivity index (χ4n) is 2.58. The lowest BCUT2D eigenvalue weighted by molar-refractivity contribution is 0.210. The summed E-state index contributed by atoms with van der Waals surface area (Å²) in [5.74, 6) is 2.47. The van der Waals surface area contributed by atoms with Crippen molar-refractivity contribution in [1.82, 2.24) is 15.5 Å². The van der Waals surface area contributed by atoms with Gasteiger partial charge in [0.25, 0.3) is 0 Å². The van der Waals surface area contributed by atoms with Gasteiger partial charge >= 0.3 is 0 Å². The average molecular weight is 278 g/mol. The van der Waals surface area contributed by atoms with Gasteiger partial charge in [-0.3, -0.25) is 0 Å². The van der Waals surface area contributed by atoms with Crippen LogP contribution in [0.2, 0.25) is 0 Å². The van der Waals surface area contributed by atoms with E-state index in [4.69, 9.17) is 4.42 Å². The predicted molar refractivity (Wildman–Crippen MR) is 81.7 cm³/mol. The zero-order valence-electron chi connectivity index (χ0n) is 12.6. The summed E-state index contributed by atoms with van der Waals surface area (Å²) >= 11 is 0. The summed E-state index contributed by atoms with van der Waals surface area (Å²) in [4.78, 5) is 6.95. The van der Waals surface area contributed by atoms with Crippen molar-refractivity contribution in [1.29, 1.82) is 0 Å². The van der Waals surface area contributed by atoms with Crippen LogP contribution in [0.3, 0.4) is 0 Å². The van der Waals surface area contributed by atoms with Gasteiger partial charge < -0.3 is 20.0 Å². The highest BCUT2D eigenvalue weighted by Gasteiger charge is 2.17. The van der Waals surface area contributed by atoms with Gasteiger partial charge in [-0.15, -0.1) is 0 Å². The number of likely N-dealkylation sites (tertiary alicyclic amines) is 1. The molecule has 5 heteroatoms. The lowest BCUT2D eigenvalue weighted by Gasteiger charge is -2.30. The van der Waals surface area contributed by atoms with Crippen LogP contribution >= 0.6 is 0 Å². The van der Waals surface area contributed by atoms with Gasteiger partial charge in [0.15, 0.2) is 5.96 Å². The Balaban J connectivity index is 1.80. The summed E-state index contributed by atoms with van der Waals surface area (Å²) in [5, 5.41) is 6.72. The maximum Gasteiger partial charge on any atom is 0.191 e. The van der Waals surface area contributed by atoms with E-state index in [-0.39, 0.29) is 0 Å². The second-order valence-electron chi connectivity index (χ2n) is 5.43. The molecule has 1 saturated heterocycles. The molecule has 0 aliphatic carbocycles. The number of rotatable bonds is 5. The molecule has 1 fully saturated rings. The molecule has 1 unspecified atom stereocenters. The third kappa shape index (κ3) is 4.89. The van der Waals surface area contributed by atoms with Gasteiger partial charge in [0.1, 0.15) is 12.3 Å². The maximum atomic E-state index is 5.30. The van der Waals surface area contributed by atoms with E-state index in [9.17, 15) is 0 Å². The van der Waals surface area contributed by atoms with Crippen LogP contribution in [0.25, 0.3) is 0 Å². The van der Waals surface area contributed by atoms with Gasteiger partial charge in [0, 0.05) is 19.6 Å². The molecular formula is C15H26N4O. The summed E-state index contributed by atoms with van der Waals surface area (Å²) < 4.78 is 5.30. The topological polar surface area (TPSA) is 52.8 Å². The summed E-state index contributed by atoms with van der Waals surface area (Å²) in [6.45, 7) is 6.90. The Hall–Kier alpha value is -1.49. The molecule has 20 heavy (non-hydrogen) atoms. The minimum atomic E-state index is 0.576. The van der Waals surface area contributed by atoms with Crippen LogP contribution in [0, 0.1) is 5.92 Å².